The Balaban J connectivity index is 1.93. The fourth-order valence-electron chi connectivity index (χ4n) is 2.09. The number of carbonyl (C=O) groups excluding carboxylic acids is 1. The molecule has 100 valence electrons. The van der Waals surface area contributed by atoms with E-state index in [1.54, 1.807) is 18.3 Å². The lowest BCUT2D eigenvalue weighted by Gasteiger charge is -2.10. The molecule has 0 aliphatic heterocycles. The number of amides is 1. The van der Waals surface area contributed by atoms with Crippen LogP contribution in [0.2, 0.25) is 0 Å². The van der Waals surface area contributed by atoms with Crippen LogP contribution < -0.4 is 5.32 Å². The molecule has 0 aliphatic carbocycles. The van der Waals surface area contributed by atoms with Crippen molar-refractivity contribution in [1.29, 1.82) is 0 Å². The monoisotopic (exact) mass is 269 g/mol. The van der Waals surface area contributed by atoms with Gasteiger partial charge in [-0.15, -0.1) is 0 Å². The number of benzene rings is 1. The van der Waals surface area contributed by atoms with Gasteiger partial charge in [-0.05, 0) is 37.3 Å². The van der Waals surface area contributed by atoms with Gasteiger partial charge in [0, 0.05) is 23.7 Å². The van der Waals surface area contributed by atoms with Crippen molar-refractivity contribution >= 4 is 17.2 Å². The lowest BCUT2D eigenvalue weighted by Crippen LogP contribution is -2.13. The third-order valence-electron chi connectivity index (χ3n) is 3.15. The Morgan fingerprint density at radius 3 is 2.95 bits per heavy atom. The van der Waals surface area contributed by atoms with Crippen molar-refractivity contribution in [2.45, 2.75) is 6.92 Å². The highest BCUT2D eigenvalue weighted by Gasteiger charge is 2.10. The molecule has 0 saturated carbocycles. The highest BCUT2D eigenvalue weighted by Crippen LogP contribution is 2.17. The Morgan fingerprint density at radius 2 is 2.15 bits per heavy atom. The molecule has 2 aromatic heterocycles. The number of halogens is 1. The minimum atomic E-state index is -0.431. The molecule has 1 N–H and O–H groups in total. The van der Waals surface area contributed by atoms with Crippen molar-refractivity contribution < 1.29 is 9.18 Å². The third kappa shape index (κ3) is 2.14. The maximum atomic E-state index is 13.1. The van der Waals surface area contributed by atoms with Crippen LogP contribution in [0.15, 0.2) is 48.8 Å². The maximum Gasteiger partial charge on any atom is 0.255 e. The SMILES string of the molecule is Cc1c(NC(=O)c2cccc(F)c2)ccc2nccn12. The van der Waals surface area contributed by atoms with Gasteiger partial charge in [0.25, 0.3) is 5.91 Å². The van der Waals surface area contributed by atoms with E-state index in [2.05, 4.69) is 10.3 Å². The van der Waals surface area contributed by atoms with E-state index in [0.717, 1.165) is 11.3 Å². The summed E-state index contributed by atoms with van der Waals surface area (Å²) in [7, 11) is 0. The van der Waals surface area contributed by atoms with E-state index in [9.17, 15) is 9.18 Å². The summed E-state index contributed by atoms with van der Waals surface area (Å²) in [5.41, 5.74) is 2.64. The van der Waals surface area contributed by atoms with Crippen LogP contribution in [0.3, 0.4) is 0 Å². The van der Waals surface area contributed by atoms with Gasteiger partial charge >= 0.3 is 0 Å². The Morgan fingerprint density at radius 1 is 1.30 bits per heavy atom. The van der Waals surface area contributed by atoms with Gasteiger partial charge in [0.1, 0.15) is 11.5 Å². The highest BCUT2D eigenvalue weighted by molar-refractivity contribution is 6.04. The van der Waals surface area contributed by atoms with Crippen LogP contribution in [-0.4, -0.2) is 15.3 Å². The molecule has 3 rings (SSSR count). The van der Waals surface area contributed by atoms with Gasteiger partial charge in [0.05, 0.1) is 5.69 Å². The number of pyridine rings is 1. The number of hydrogen-bond donors (Lipinski definition) is 1. The summed E-state index contributed by atoms with van der Waals surface area (Å²) in [6, 6.07) is 9.20. The first-order valence-electron chi connectivity index (χ1n) is 6.15. The Hall–Kier alpha value is -2.69. The predicted octanol–water partition coefficient (Wildman–Crippen LogP) is 3.03. The zero-order chi connectivity index (χ0) is 14.1. The Bertz CT molecular complexity index is 795. The van der Waals surface area contributed by atoms with Gasteiger partial charge < -0.3 is 9.72 Å². The molecule has 1 amide bonds. The highest BCUT2D eigenvalue weighted by atomic mass is 19.1. The van der Waals surface area contributed by atoms with Crippen molar-refractivity contribution in [1.82, 2.24) is 9.38 Å². The second kappa shape index (κ2) is 4.77. The first-order chi connectivity index (χ1) is 9.65. The molecule has 3 aromatic rings. The number of carbonyl (C=O) groups is 1. The summed E-state index contributed by atoms with van der Waals surface area (Å²) < 4.78 is 15.0. The summed E-state index contributed by atoms with van der Waals surface area (Å²) in [5.74, 6) is -0.772. The summed E-state index contributed by atoms with van der Waals surface area (Å²) in [5, 5.41) is 2.78. The standard InChI is InChI=1S/C15H12FN3O/c1-10-13(5-6-14-17-7-8-19(10)14)18-15(20)11-3-2-4-12(16)9-11/h2-9H,1H3,(H,18,20). The van der Waals surface area contributed by atoms with Gasteiger partial charge in [0.15, 0.2) is 0 Å². The normalized spacial score (nSPS) is 10.7. The summed E-state index contributed by atoms with van der Waals surface area (Å²) in [6.45, 7) is 1.88. The smallest absolute Gasteiger partial charge is 0.255 e. The molecule has 0 unspecified atom stereocenters. The molecular formula is C15H12FN3O. The molecule has 0 bridgehead atoms. The second-order valence-electron chi connectivity index (χ2n) is 4.45. The molecule has 1 aromatic carbocycles. The molecule has 0 radical (unpaired) electrons. The fourth-order valence-corrected chi connectivity index (χ4v) is 2.09. The number of hydrogen-bond acceptors (Lipinski definition) is 2. The molecule has 0 spiro atoms. The largest absolute Gasteiger partial charge is 0.320 e. The average molecular weight is 269 g/mol. The van der Waals surface area contributed by atoms with Crippen molar-refractivity contribution in [3.63, 3.8) is 0 Å². The summed E-state index contributed by atoms with van der Waals surface area (Å²) in [6.07, 6.45) is 3.52. The van der Waals surface area contributed by atoms with Gasteiger partial charge in [-0.3, -0.25) is 4.79 Å². The molecule has 0 saturated heterocycles. The van der Waals surface area contributed by atoms with Crippen LogP contribution in [0.4, 0.5) is 10.1 Å². The first kappa shape index (κ1) is 12.3. The Kier molecular flexibility index (Phi) is 2.95. The zero-order valence-corrected chi connectivity index (χ0v) is 10.8. The molecule has 0 fully saturated rings. The van der Waals surface area contributed by atoms with Crippen LogP contribution in [0.5, 0.6) is 0 Å². The van der Waals surface area contributed by atoms with E-state index in [-0.39, 0.29) is 11.5 Å². The molecule has 2 heterocycles. The summed E-state index contributed by atoms with van der Waals surface area (Å²) in [4.78, 5) is 16.3. The number of aromatic nitrogens is 2. The number of nitrogens with one attached hydrogen (secondary N) is 1. The van der Waals surface area contributed by atoms with Crippen molar-refractivity contribution in [2.24, 2.45) is 0 Å². The topological polar surface area (TPSA) is 46.4 Å². The van der Waals surface area contributed by atoms with E-state index in [1.165, 1.54) is 18.2 Å². The minimum Gasteiger partial charge on any atom is -0.320 e. The number of fused-ring (bicyclic) bond motifs is 1. The van der Waals surface area contributed by atoms with Crippen molar-refractivity contribution in [3.8, 4) is 0 Å². The number of aryl methyl sites for hydroxylation is 1. The number of anilines is 1. The fraction of sp³-hybridized carbons (Fsp3) is 0.0667. The van der Waals surface area contributed by atoms with Crippen LogP contribution >= 0.6 is 0 Å². The minimum absolute atomic E-state index is 0.287. The van der Waals surface area contributed by atoms with E-state index in [0.29, 0.717) is 5.69 Å². The predicted molar refractivity (Wildman–Crippen MR) is 74.3 cm³/mol. The molecule has 5 heteroatoms. The van der Waals surface area contributed by atoms with Crippen LogP contribution in [0.1, 0.15) is 16.1 Å². The number of nitrogens with zero attached hydrogens (tertiary/aromatic N) is 2. The number of rotatable bonds is 2. The summed E-state index contributed by atoms with van der Waals surface area (Å²) >= 11 is 0. The third-order valence-corrected chi connectivity index (χ3v) is 3.15. The second-order valence-corrected chi connectivity index (χ2v) is 4.45. The lowest BCUT2D eigenvalue weighted by molar-refractivity contribution is 0.102. The van der Waals surface area contributed by atoms with Crippen LogP contribution in [0, 0.1) is 12.7 Å². The first-order valence-corrected chi connectivity index (χ1v) is 6.15. The van der Waals surface area contributed by atoms with E-state index >= 15 is 0 Å². The number of imidazole rings is 1. The van der Waals surface area contributed by atoms with Crippen LogP contribution in [-0.2, 0) is 0 Å². The molecule has 4 nitrogen and oxygen atoms in total. The van der Waals surface area contributed by atoms with Gasteiger partial charge in [-0.1, -0.05) is 6.07 Å². The zero-order valence-electron chi connectivity index (χ0n) is 10.8. The molecule has 20 heavy (non-hydrogen) atoms. The van der Waals surface area contributed by atoms with Gasteiger partial charge in [0.2, 0.25) is 0 Å². The van der Waals surface area contributed by atoms with Crippen molar-refractivity contribution in [2.75, 3.05) is 5.32 Å². The molecular weight excluding hydrogens is 257 g/mol. The molecule has 0 atom stereocenters. The van der Waals surface area contributed by atoms with E-state index in [1.807, 2.05) is 23.6 Å². The maximum absolute atomic E-state index is 13.1. The molecule has 0 aliphatic rings. The van der Waals surface area contributed by atoms with Crippen LogP contribution in [0.25, 0.3) is 5.65 Å². The quantitative estimate of drug-likeness (QED) is 0.777. The van der Waals surface area contributed by atoms with E-state index < -0.39 is 5.82 Å². The average Bonchev–Trinajstić information content (AvgIpc) is 2.91. The van der Waals surface area contributed by atoms with E-state index in [4.69, 9.17) is 0 Å². The van der Waals surface area contributed by atoms with Crippen molar-refractivity contribution in [3.05, 3.63) is 65.9 Å². The lowest BCUT2D eigenvalue weighted by atomic mass is 10.2. The Labute approximate surface area is 114 Å². The van der Waals surface area contributed by atoms with Gasteiger partial charge in [-0.2, -0.15) is 0 Å². The van der Waals surface area contributed by atoms with Gasteiger partial charge in [-0.25, -0.2) is 9.37 Å².